The lowest BCUT2D eigenvalue weighted by Crippen LogP contribution is -2.60. The van der Waals surface area contributed by atoms with Crippen LogP contribution in [-0.2, 0) is 16.1 Å². The Morgan fingerprint density at radius 2 is 2.00 bits per heavy atom. The van der Waals surface area contributed by atoms with Crippen molar-refractivity contribution in [3.8, 4) is 0 Å². The molecule has 0 unspecified atom stereocenters. The maximum atomic E-state index is 13.1. The first kappa shape index (κ1) is 17.4. The molecule has 0 aliphatic carbocycles. The molecule has 0 radical (unpaired) electrons. The number of likely N-dealkylation sites (tertiary alicyclic amines) is 1. The largest absolute Gasteiger partial charge is 0.370 e. The molecule has 0 aromatic heterocycles. The number of halogens is 1. The van der Waals surface area contributed by atoms with Gasteiger partial charge in [0.15, 0.2) is 0 Å². The van der Waals surface area contributed by atoms with E-state index in [2.05, 4.69) is 4.90 Å². The molecular formula is C19H27FN2O2. The maximum Gasteiger partial charge on any atom is 0.225 e. The van der Waals surface area contributed by atoms with Crippen LogP contribution >= 0.6 is 0 Å². The number of hydrogen-bond acceptors (Lipinski definition) is 3. The smallest absolute Gasteiger partial charge is 0.225 e. The second-order valence-electron chi connectivity index (χ2n) is 7.39. The first-order valence-corrected chi connectivity index (χ1v) is 8.87. The summed E-state index contributed by atoms with van der Waals surface area (Å²) in [6.07, 6.45) is 1.98. The van der Waals surface area contributed by atoms with E-state index >= 15 is 0 Å². The molecule has 2 heterocycles. The molecule has 24 heavy (non-hydrogen) atoms. The monoisotopic (exact) mass is 334 g/mol. The zero-order chi connectivity index (χ0) is 17.2. The Morgan fingerprint density at radius 1 is 1.25 bits per heavy atom. The average Bonchev–Trinajstić information content (AvgIpc) is 2.56. The van der Waals surface area contributed by atoms with Crippen LogP contribution in [0.4, 0.5) is 4.39 Å². The molecule has 0 bridgehead atoms. The van der Waals surface area contributed by atoms with Crippen LogP contribution in [0.5, 0.6) is 0 Å². The fraction of sp³-hybridized carbons (Fsp3) is 0.632. The Balaban J connectivity index is 1.65. The first-order valence-electron chi connectivity index (χ1n) is 8.87. The minimum Gasteiger partial charge on any atom is -0.370 e. The maximum absolute atomic E-state index is 13.1. The van der Waals surface area contributed by atoms with Crippen LogP contribution in [0, 0.1) is 11.7 Å². The number of rotatable bonds is 3. The van der Waals surface area contributed by atoms with Crippen molar-refractivity contribution >= 4 is 5.91 Å². The quantitative estimate of drug-likeness (QED) is 0.852. The predicted molar refractivity (Wildman–Crippen MR) is 91.0 cm³/mol. The Labute approximate surface area is 143 Å². The Morgan fingerprint density at radius 3 is 2.71 bits per heavy atom. The number of piperidine rings is 1. The summed E-state index contributed by atoms with van der Waals surface area (Å²) < 4.78 is 19.2. The molecule has 2 aliphatic heterocycles. The van der Waals surface area contributed by atoms with Crippen LogP contribution in [0.25, 0.3) is 0 Å². The molecule has 5 heteroatoms. The van der Waals surface area contributed by atoms with Gasteiger partial charge in [0, 0.05) is 32.1 Å². The van der Waals surface area contributed by atoms with E-state index in [0.717, 1.165) is 44.6 Å². The van der Waals surface area contributed by atoms with Gasteiger partial charge in [-0.25, -0.2) is 4.39 Å². The number of amides is 1. The van der Waals surface area contributed by atoms with Gasteiger partial charge in [0.1, 0.15) is 5.82 Å². The van der Waals surface area contributed by atoms with E-state index in [1.807, 2.05) is 30.9 Å². The summed E-state index contributed by atoms with van der Waals surface area (Å²) in [4.78, 5) is 16.7. The summed E-state index contributed by atoms with van der Waals surface area (Å²) in [6.45, 7) is 8.60. The highest BCUT2D eigenvalue weighted by Gasteiger charge is 2.41. The van der Waals surface area contributed by atoms with Crippen LogP contribution in [0.15, 0.2) is 24.3 Å². The molecule has 0 N–H and O–H groups in total. The number of benzene rings is 1. The van der Waals surface area contributed by atoms with Gasteiger partial charge in [-0.1, -0.05) is 26.0 Å². The zero-order valence-corrected chi connectivity index (χ0v) is 14.6. The fourth-order valence-electron chi connectivity index (χ4n) is 3.80. The van der Waals surface area contributed by atoms with Gasteiger partial charge < -0.3 is 9.64 Å². The molecule has 2 saturated heterocycles. The number of ether oxygens (including phenoxy) is 1. The van der Waals surface area contributed by atoms with Crippen molar-refractivity contribution in [2.75, 3.05) is 32.8 Å². The number of morpholine rings is 1. The van der Waals surface area contributed by atoms with E-state index in [4.69, 9.17) is 4.74 Å². The predicted octanol–water partition coefficient (Wildman–Crippen LogP) is 2.68. The van der Waals surface area contributed by atoms with Gasteiger partial charge in [-0.05, 0) is 30.5 Å². The van der Waals surface area contributed by atoms with Gasteiger partial charge in [0.2, 0.25) is 5.91 Å². The van der Waals surface area contributed by atoms with Gasteiger partial charge in [-0.2, -0.15) is 0 Å². The van der Waals surface area contributed by atoms with Crippen LogP contribution in [0.2, 0.25) is 0 Å². The number of hydrogen-bond donors (Lipinski definition) is 0. The molecule has 3 rings (SSSR count). The van der Waals surface area contributed by atoms with Crippen molar-refractivity contribution in [1.29, 1.82) is 0 Å². The van der Waals surface area contributed by atoms with Gasteiger partial charge in [0.05, 0.1) is 18.8 Å². The number of nitrogens with zero attached hydrogens (tertiary/aromatic N) is 2. The van der Waals surface area contributed by atoms with Crippen molar-refractivity contribution in [2.24, 2.45) is 5.92 Å². The number of carbonyl (C=O) groups excluding carboxylic acids is 1. The molecule has 1 spiro atoms. The van der Waals surface area contributed by atoms with Gasteiger partial charge in [-0.15, -0.1) is 0 Å². The molecule has 1 amide bonds. The first-order chi connectivity index (χ1) is 11.5. The lowest BCUT2D eigenvalue weighted by molar-refractivity contribution is -0.160. The summed E-state index contributed by atoms with van der Waals surface area (Å²) in [7, 11) is 0. The van der Waals surface area contributed by atoms with Crippen LogP contribution in [-0.4, -0.2) is 54.1 Å². The molecule has 1 aromatic rings. The highest BCUT2D eigenvalue weighted by molar-refractivity contribution is 5.78. The van der Waals surface area contributed by atoms with E-state index in [1.165, 1.54) is 12.1 Å². The molecule has 1 aromatic carbocycles. The highest BCUT2D eigenvalue weighted by atomic mass is 19.1. The molecule has 1 atom stereocenters. The molecule has 132 valence electrons. The van der Waals surface area contributed by atoms with Crippen molar-refractivity contribution in [2.45, 2.75) is 38.8 Å². The van der Waals surface area contributed by atoms with E-state index in [-0.39, 0.29) is 23.2 Å². The van der Waals surface area contributed by atoms with E-state index < -0.39 is 0 Å². The Kier molecular flexibility index (Phi) is 5.21. The highest BCUT2D eigenvalue weighted by Crippen LogP contribution is 2.30. The van der Waals surface area contributed by atoms with E-state index in [0.29, 0.717) is 13.2 Å². The topological polar surface area (TPSA) is 32.8 Å². The summed E-state index contributed by atoms with van der Waals surface area (Å²) in [5.41, 5.74) is 0.862. The molecule has 0 saturated carbocycles. The third-order valence-corrected chi connectivity index (χ3v) is 4.99. The second-order valence-corrected chi connectivity index (χ2v) is 7.39. The molecular weight excluding hydrogens is 307 g/mol. The van der Waals surface area contributed by atoms with Crippen molar-refractivity contribution in [1.82, 2.24) is 9.80 Å². The summed E-state index contributed by atoms with van der Waals surface area (Å²) in [5.74, 6) is 0.0414. The van der Waals surface area contributed by atoms with Crippen molar-refractivity contribution in [3.63, 3.8) is 0 Å². The fourth-order valence-corrected chi connectivity index (χ4v) is 3.80. The average molecular weight is 334 g/mol. The normalized spacial score (nSPS) is 25.4. The van der Waals surface area contributed by atoms with Gasteiger partial charge in [-0.3, -0.25) is 9.69 Å². The zero-order valence-electron chi connectivity index (χ0n) is 14.6. The number of carbonyl (C=O) groups is 1. The second kappa shape index (κ2) is 7.19. The standard InChI is InChI=1S/C19H27FN2O2/c1-15(2)18(23)22-9-3-8-19(14-22)13-21(10-11-24-19)12-16-4-6-17(20)7-5-16/h4-7,15H,3,8-14H2,1-2H3/t19-/m0/s1. The van der Waals surface area contributed by atoms with Crippen LogP contribution in [0.3, 0.4) is 0 Å². The minimum atomic E-state index is -0.249. The third-order valence-electron chi connectivity index (χ3n) is 4.99. The Hall–Kier alpha value is -1.46. The van der Waals surface area contributed by atoms with Crippen molar-refractivity contribution < 1.29 is 13.9 Å². The summed E-state index contributed by atoms with van der Waals surface area (Å²) in [6, 6.07) is 6.70. The molecule has 4 nitrogen and oxygen atoms in total. The third kappa shape index (κ3) is 3.95. The van der Waals surface area contributed by atoms with Crippen LogP contribution in [0.1, 0.15) is 32.3 Å². The lowest BCUT2D eigenvalue weighted by Gasteiger charge is -2.48. The minimum absolute atomic E-state index is 0.0269. The SMILES string of the molecule is CC(C)C(=O)N1CCC[C@]2(CN(Cc3ccc(F)cc3)CCO2)C1. The van der Waals surface area contributed by atoms with E-state index in [9.17, 15) is 9.18 Å². The Bertz CT molecular complexity index is 571. The lowest BCUT2D eigenvalue weighted by atomic mass is 9.90. The van der Waals surface area contributed by atoms with Gasteiger partial charge >= 0.3 is 0 Å². The summed E-state index contributed by atoms with van der Waals surface area (Å²) >= 11 is 0. The van der Waals surface area contributed by atoms with Gasteiger partial charge in [0.25, 0.3) is 0 Å². The van der Waals surface area contributed by atoms with Crippen LogP contribution < -0.4 is 0 Å². The molecule has 2 aliphatic rings. The molecule has 2 fully saturated rings. The van der Waals surface area contributed by atoms with E-state index in [1.54, 1.807) is 0 Å². The summed E-state index contributed by atoms with van der Waals surface area (Å²) in [5, 5.41) is 0. The van der Waals surface area contributed by atoms with Crippen molar-refractivity contribution in [3.05, 3.63) is 35.6 Å².